The maximum Gasteiger partial charge on any atom is 0.269 e. The van der Waals surface area contributed by atoms with Crippen molar-refractivity contribution in [3.63, 3.8) is 0 Å². The van der Waals surface area contributed by atoms with Crippen molar-refractivity contribution in [2.45, 2.75) is 39.1 Å². The summed E-state index contributed by atoms with van der Waals surface area (Å²) >= 11 is 0. The van der Waals surface area contributed by atoms with Gasteiger partial charge in [0, 0.05) is 18.0 Å². The molecule has 0 amide bonds. The quantitative estimate of drug-likeness (QED) is 0.208. The van der Waals surface area contributed by atoms with Crippen molar-refractivity contribution in [2.24, 2.45) is 0 Å². The van der Waals surface area contributed by atoms with Crippen molar-refractivity contribution in [1.82, 2.24) is 23.5 Å². The SMILES string of the molecule is Cc1ccc(-c2ccc(-c3nc4ccn(CC(=O)c5cn(S(=O)(=O)c6ccc(C)cc6)c(C)n5)cc-4n3)c(C)c2)cc1. The highest BCUT2D eigenvalue weighted by atomic mass is 32.2. The lowest BCUT2D eigenvalue weighted by Gasteiger charge is -2.07. The Hall–Kier alpha value is -4.89. The highest BCUT2D eigenvalue weighted by Gasteiger charge is 2.23. The van der Waals surface area contributed by atoms with E-state index in [1.165, 1.54) is 11.8 Å². The number of hydrogen-bond donors (Lipinski definition) is 0. The third-order valence-electron chi connectivity index (χ3n) is 7.31. The number of hydrogen-bond acceptors (Lipinski definition) is 6. The van der Waals surface area contributed by atoms with Gasteiger partial charge in [0.25, 0.3) is 10.0 Å². The lowest BCUT2D eigenvalue weighted by atomic mass is 9.99. The molecular formula is C33H29N5O3S. The smallest absolute Gasteiger partial charge is 0.269 e. The first-order valence-electron chi connectivity index (χ1n) is 13.5. The Morgan fingerprint density at radius 1 is 0.738 bits per heavy atom. The average molecular weight is 576 g/mol. The predicted octanol–water partition coefficient (Wildman–Crippen LogP) is 6.27. The molecule has 0 saturated heterocycles. The number of ketones is 1. The number of rotatable bonds is 7. The molecular weight excluding hydrogens is 546 g/mol. The molecule has 0 unspecified atom stereocenters. The second-order valence-electron chi connectivity index (χ2n) is 10.5. The molecule has 3 aromatic carbocycles. The summed E-state index contributed by atoms with van der Waals surface area (Å²) in [5, 5.41) is 0. The van der Waals surface area contributed by atoms with Crippen molar-refractivity contribution in [2.75, 3.05) is 0 Å². The highest BCUT2D eigenvalue weighted by molar-refractivity contribution is 7.90. The van der Waals surface area contributed by atoms with E-state index < -0.39 is 10.0 Å². The van der Waals surface area contributed by atoms with Gasteiger partial charge in [-0.1, -0.05) is 65.7 Å². The van der Waals surface area contributed by atoms with Crippen LogP contribution in [0.2, 0.25) is 0 Å². The van der Waals surface area contributed by atoms with Gasteiger partial charge in [0.2, 0.25) is 5.78 Å². The molecule has 210 valence electrons. The maximum absolute atomic E-state index is 13.1. The lowest BCUT2D eigenvalue weighted by Crippen LogP contribution is -2.14. The van der Waals surface area contributed by atoms with E-state index in [1.807, 2.05) is 26.0 Å². The standard InChI is InChI=1S/C33H29N5O3S/c1-21-5-9-25(10-6-21)26-11-14-28(23(3)17-26)33-35-29-15-16-37(18-30(29)36-33)20-32(39)31-19-38(24(4)34-31)42(40,41)27-12-7-22(2)8-13-27/h5-19H,20H2,1-4H3. The molecule has 0 saturated carbocycles. The van der Waals surface area contributed by atoms with Gasteiger partial charge in [-0.15, -0.1) is 0 Å². The first-order valence-corrected chi connectivity index (χ1v) is 15.0. The van der Waals surface area contributed by atoms with E-state index >= 15 is 0 Å². The van der Waals surface area contributed by atoms with E-state index in [9.17, 15) is 13.2 Å². The largest absolute Gasteiger partial charge is 0.344 e. The van der Waals surface area contributed by atoms with Crippen LogP contribution in [0.15, 0.2) is 96.3 Å². The van der Waals surface area contributed by atoms with Crippen molar-refractivity contribution < 1.29 is 13.2 Å². The van der Waals surface area contributed by atoms with Gasteiger partial charge >= 0.3 is 0 Å². The number of aryl methyl sites for hydroxylation is 4. The number of nitrogens with zero attached hydrogens (tertiary/aromatic N) is 5. The normalized spacial score (nSPS) is 11.7. The van der Waals surface area contributed by atoms with Gasteiger partial charge in [0.1, 0.15) is 17.2 Å². The number of pyridine rings is 1. The monoisotopic (exact) mass is 575 g/mol. The summed E-state index contributed by atoms with van der Waals surface area (Å²) in [7, 11) is -3.87. The van der Waals surface area contributed by atoms with E-state index in [1.54, 1.807) is 48.1 Å². The molecule has 0 aliphatic carbocycles. The molecule has 0 spiro atoms. The molecule has 42 heavy (non-hydrogen) atoms. The Labute approximate surface area is 244 Å². The zero-order valence-corrected chi connectivity index (χ0v) is 24.6. The second kappa shape index (κ2) is 10.5. The van der Waals surface area contributed by atoms with Crippen LogP contribution in [0.5, 0.6) is 0 Å². The van der Waals surface area contributed by atoms with Crippen molar-refractivity contribution in [1.29, 1.82) is 0 Å². The van der Waals surface area contributed by atoms with Gasteiger partial charge < -0.3 is 4.57 Å². The molecule has 0 radical (unpaired) electrons. The summed E-state index contributed by atoms with van der Waals surface area (Å²) in [5.74, 6) is 0.523. The fourth-order valence-corrected chi connectivity index (χ4v) is 6.25. The predicted molar refractivity (Wildman–Crippen MR) is 162 cm³/mol. The first kappa shape index (κ1) is 27.3. The molecule has 0 fully saturated rings. The summed E-state index contributed by atoms with van der Waals surface area (Å²) < 4.78 is 29.1. The summed E-state index contributed by atoms with van der Waals surface area (Å²) in [6.45, 7) is 7.55. The summed E-state index contributed by atoms with van der Waals surface area (Å²) in [6, 6.07) is 23.1. The molecule has 2 aliphatic rings. The summed E-state index contributed by atoms with van der Waals surface area (Å²) in [5.41, 5.74) is 7.93. The summed E-state index contributed by atoms with van der Waals surface area (Å²) in [4.78, 5) is 27.0. The Morgan fingerprint density at radius 2 is 1.38 bits per heavy atom. The fraction of sp³-hybridized carbons (Fsp3) is 0.152. The number of Topliss-reactive ketones (excluding diaryl/α,β-unsaturated/α-hetero) is 1. The molecule has 9 heteroatoms. The van der Waals surface area contributed by atoms with E-state index in [0.29, 0.717) is 11.5 Å². The van der Waals surface area contributed by atoms with Gasteiger partial charge in [0.05, 0.1) is 23.3 Å². The van der Waals surface area contributed by atoms with Gasteiger partial charge in [-0.05, 0) is 62.6 Å². The third kappa shape index (κ3) is 5.14. The molecule has 4 aromatic rings. The van der Waals surface area contributed by atoms with Gasteiger partial charge in [-0.3, -0.25) is 4.79 Å². The van der Waals surface area contributed by atoms with Crippen LogP contribution in [0.4, 0.5) is 0 Å². The van der Waals surface area contributed by atoms with Crippen molar-refractivity contribution in [3.8, 4) is 33.9 Å². The van der Waals surface area contributed by atoms with Crippen LogP contribution in [0, 0.1) is 27.7 Å². The number of fused-ring (bicyclic) bond motifs is 1. The molecule has 0 atom stereocenters. The van der Waals surface area contributed by atoms with Crippen LogP contribution < -0.4 is 0 Å². The molecule has 0 bridgehead atoms. The second-order valence-corrected chi connectivity index (χ2v) is 12.4. The average Bonchev–Trinajstić information content (AvgIpc) is 3.57. The minimum absolute atomic E-state index is 0.0244. The molecule has 6 rings (SSSR count). The Balaban J connectivity index is 1.23. The van der Waals surface area contributed by atoms with Gasteiger partial charge in [-0.25, -0.2) is 27.3 Å². The van der Waals surface area contributed by atoms with E-state index in [0.717, 1.165) is 37.5 Å². The first-order chi connectivity index (χ1) is 20.1. The van der Waals surface area contributed by atoms with Crippen LogP contribution in [-0.4, -0.2) is 37.7 Å². The minimum Gasteiger partial charge on any atom is -0.344 e. The number of carbonyl (C=O) groups excluding carboxylic acids is 1. The van der Waals surface area contributed by atoms with Crippen LogP contribution in [0.1, 0.15) is 33.0 Å². The van der Waals surface area contributed by atoms with E-state index in [2.05, 4.69) is 48.3 Å². The van der Waals surface area contributed by atoms with Gasteiger partial charge in [-0.2, -0.15) is 0 Å². The number of aromatic nitrogens is 5. The minimum atomic E-state index is -3.87. The van der Waals surface area contributed by atoms with Crippen molar-refractivity contribution >= 4 is 15.8 Å². The Morgan fingerprint density at radius 3 is 2.07 bits per heavy atom. The third-order valence-corrected chi connectivity index (χ3v) is 9.07. The molecule has 1 aromatic heterocycles. The van der Waals surface area contributed by atoms with E-state index in [4.69, 9.17) is 9.97 Å². The number of carbonyl (C=O) groups is 1. The van der Waals surface area contributed by atoms with Gasteiger partial charge in [0.15, 0.2) is 5.82 Å². The van der Waals surface area contributed by atoms with Crippen LogP contribution in [-0.2, 0) is 16.6 Å². The van der Waals surface area contributed by atoms with E-state index in [-0.39, 0.29) is 28.7 Å². The summed E-state index contributed by atoms with van der Waals surface area (Å²) in [6.07, 6.45) is 4.82. The lowest BCUT2D eigenvalue weighted by molar-refractivity contribution is 0.0967. The van der Waals surface area contributed by atoms with Crippen LogP contribution in [0.25, 0.3) is 33.9 Å². The topological polar surface area (TPSA) is 99.7 Å². The molecule has 8 nitrogen and oxygen atoms in total. The maximum atomic E-state index is 13.1. The molecule has 2 aliphatic heterocycles. The number of imidazole rings is 2. The fourth-order valence-electron chi connectivity index (χ4n) is 4.92. The zero-order valence-electron chi connectivity index (χ0n) is 23.7. The van der Waals surface area contributed by atoms with Crippen LogP contribution >= 0.6 is 0 Å². The molecule has 3 heterocycles. The number of benzene rings is 3. The highest BCUT2D eigenvalue weighted by Crippen LogP contribution is 2.30. The Kier molecular flexibility index (Phi) is 6.82. The zero-order chi connectivity index (χ0) is 29.6. The van der Waals surface area contributed by atoms with Crippen LogP contribution in [0.3, 0.4) is 0 Å². The Bertz CT molecular complexity index is 2020. The molecule has 0 N–H and O–H groups in total. The van der Waals surface area contributed by atoms with Crippen molar-refractivity contribution in [3.05, 3.63) is 120 Å².